The van der Waals surface area contributed by atoms with E-state index in [9.17, 15) is 0 Å². The third-order valence-corrected chi connectivity index (χ3v) is 2.60. The SMILES string of the molecule is CCNCCOCc1cnn(-c2ccccc2)c1. The molecule has 0 bridgehead atoms. The summed E-state index contributed by atoms with van der Waals surface area (Å²) in [5.74, 6) is 0. The van der Waals surface area contributed by atoms with Gasteiger partial charge in [-0.3, -0.25) is 0 Å². The highest BCUT2D eigenvalue weighted by molar-refractivity contribution is 5.30. The van der Waals surface area contributed by atoms with Crippen molar-refractivity contribution in [3.05, 3.63) is 48.3 Å². The fourth-order valence-corrected chi connectivity index (χ4v) is 1.67. The zero-order chi connectivity index (χ0) is 12.6. The lowest BCUT2D eigenvalue weighted by molar-refractivity contribution is 0.123. The Kier molecular flexibility index (Phi) is 4.93. The number of benzene rings is 1. The van der Waals surface area contributed by atoms with E-state index < -0.39 is 0 Å². The van der Waals surface area contributed by atoms with Crippen LogP contribution in [0, 0.1) is 0 Å². The number of hydrogen-bond acceptors (Lipinski definition) is 3. The Morgan fingerprint density at radius 3 is 2.89 bits per heavy atom. The molecule has 1 aromatic carbocycles. The number of ether oxygens (including phenoxy) is 1. The normalized spacial score (nSPS) is 10.7. The van der Waals surface area contributed by atoms with Gasteiger partial charge in [-0.2, -0.15) is 5.10 Å². The first-order chi connectivity index (χ1) is 8.90. The average Bonchev–Trinajstić information content (AvgIpc) is 2.88. The van der Waals surface area contributed by atoms with Crippen molar-refractivity contribution < 1.29 is 4.74 Å². The largest absolute Gasteiger partial charge is 0.375 e. The first-order valence-electron chi connectivity index (χ1n) is 6.27. The number of hydrogen-bond donors (Lipinski definition) is 1. The highest BCUT2D eigenvalue weighted by atomic mass is 16.5. The van der Waals surface area contributed by atoms with E-state index >= 15 is 0 Å². The molecule has 0 fully saturated rings. The molecule has 2 rings (SSSR count). The maximum atomic E-state index is 5.56. The number of nitrogens with zero attached hydrogens (tertiary/aromatic N) is 2. The van der Waals surface area contributed by atoms with Crippen LogP contribution in [-0.2, 0) is 11.3 Å². The quantitative estimate of drug-likeness (QED) is 0.758. The summed E-state index contributed by atoms with van der Waals surface area (Å²) in [5, 5.41) is 7.54. The Morgan fingerprint density at radius 2 is 2.11 bits per heavy atom. The van der Waals surface area contributed by atoms with Crippen molar-refractivity contribution in [3.8, 4) is 5.69 Å². The minimum absolute atomic E-state index is 0.609. The van der Waals surface area contributed by atoms with Crippen molar-refractivity contribution in [1.29, 1.82) is 0 Å². The molecule has 0 atom stereocenters. The van der Waals surface area contributed by atoms with Gasteiger partial charge in [0.2, 0.25) is 0 Å². The van der Waals surface area contributed by atoms with Crippen LogP contribution < -0.4 is 5.32 Å². The summed E-state index contributed by atoms with van der Waals surface area (Å²) in [6.45, 7) is 5.30. The Bertz CT molecular complexity index is 453. The zero-order valence-electron chi connectivity index (χ0n) is 10.7. The highest BCUT2D eigenvalue weighted by Gasteiger charge is 2.00. The zero-order valence-corrected chi connectivity index (χ0v) is 10.7. The fraction of sp³-hybridized carbons (Fsp3) is 0.357. The Hall–Kier alpha value is -1.65. The maximum Gasteiger partial charge on any atom is 0.0748 e. The Balaban J connectivity index is 1.83. The van der Waals surface area contributed by atoms with Crippen molar-refractivity contribution in [1.82, 2.24) is 15.1 Å². The van der Waals surface area contributed by atoms with Gasteiger partial charge in [-0.15, -0.1) is 0 Å². The van der Waals surface area contributed by atoms with Gasteiger partial charge >= 0.3 is 0 Å². The van der Waals surface area contributed by atoms with Crippen molar-refractivity contribution in [2.45, 2.75) is 13.5 Å². The molecular formula is C14H19N3O. The van der Waals surface area contributed by atoms with Crippen LogP contribution in [0.25, 0.3) is 5.69 Å². The van der Waals surface area contributed by atoms with Crippen LogP contribution >= 0.6 is 0 Å². The molecule has 1 N–H and O–H groups in total. The predicted molar refractivity (Wildman–Crippen MR) is 71.8 cm³/mol. The molecule has 96 valence electrons. The molecule has 4 heteroatoms. The van der Waals surface area contributed by atoms with Crippen LogP contribution in [-0.4, -0.2) is 29.5 Å². The molecule has 0 amide bonds. The van der Waals surface area contributed by atoms with Crippen molar-refractivity contribution in [2.75, 3.05) is 19.7 Å². The molecule has 1 heterocycles. The van der Waals surface area contributed by atoms with Crippen LogP contribution in [0.1, 0.15) is 12.5 Å². The van der Waals surface area contributed by atoms with E-state index in [1.807, 2.05) is 47.4 Å². The van der Waals surface area contributed by atoms with Gasteiger partial charge in [-0.25, -0.2) is 4.68 Å². The topological polar surface area (TPSA) is 39.1 Å². The molecule has 4 nitrogen and oxygen atoms in total. The number of aromatic nitrogens is 2. The number of para-hydroxylation sites is 1. The summed E-state index contributed by atoms with van der Waals surface area (Å²) in [4.78, 5) is 0. The average molecular weight is 245 g/mol. The molecule has 0 unspecified atom stereocenters. The van der Waals surface area contributed by atoms with Gasteiger partial charge in [0.15, 0.2) is 0 Å². The standard InChI is InChI=1S/C14H19N3O/c1-2-15-8-9-18-12-13-10-16-17(11-13)14-6-4-3-5-7-14/h3-7,10-11,15H,2,8-9,12H2,1H3. The molecule has 0 saturated heterocycles. The Labute approximate surface area is 108 Å². The summed E-state index contributed by atoms with van der Waals surface area (Å²) in [5.41, 5.74) is 2.16. The minimum Gasteiger partial charge on any atom is -0.375 e. The summed E-state index contributed by atoms with van der Waals surface area (Å²) in [6.07, 6.45) is 3.85. The summed E-state index contributed by atoms with van der Waals surface area (Å²) in [6, 6.07) is 10.1. The van der Waals surface area contributed by atoms with E-state index in [1.54, 1.807) is 0 Å². The monoisotopic (exact) mass is 245 g/mol. The van der Waals surface area contributed by atoms with E-state index in [0.717, 1.165) is 30.9 Å². The van der Waals surface area contributed by atoms with Gasteiger partial charge in [0.05, 0.1) is 25.1 Å². The van der Waals surface area contributed by atoms with Gasteiger partial charge in [-0.05, 0) is 18.7 Å². The first-order valence-corrected chi connectivity index (χ1v) is 6.27. The highest BCUT2D eigenvalue weighted by Crippen LogP contribution is 2.08. The molecule has 0 saturated carbocycles. The summed E-state index contributed by atoms with van der Waals surface area (Å²) >= 11 is 0. The molecule has 0 spiro atoms. The second-order valence-corrected chi connectivity index (χ2v) is 4.03. The third-order valence-electron chi connectivity index (χ3n) is 2.60. The lowest BCUT2D eigenvalue weighted by Gasteiger charge is -2.02. The maximum absolute atomic E-state index is 5.56. The number of rotatable bonds is 7. The van der Waals surface area contributed by atoms with Gasteiger partial charge in [0.1, 0.15) is 0 Å². The first kappa shape index (κ1) is 12.8. The van der Waals surface area contributed by atoms with Crippen molar-refractivity contribution in [2.24, 2.45) is 0 Å². The second-order valence-electron chi connectivity index (χ2n) is 4.03. The second kappa shape index (κ2) is 6.93. The lowest BCUT2D eigenvalue weighted by atomic mass is 10.3. The summed E-state index contributed by atoms with van der Waals surface area (Å²) in [7, 11) is 0. The van der Waals surface area contributed by atoms with Gasteiger partial charge in [-0.1, -0.05) is 25.1 Å². The van der Waals surface area contributed by atoms with E-state index in [4.69, 9.17) is 4.74 Å². The minimum atomic E-state index is 0.609. The Morgan fingerprint density at radius 1 is 1.28 bits per heavy atom. The molecular weight excluding hydrogens is 226 g/mol. The number of likely N-dealkylation sites (N-methyl/N-ethyl adjacent to an activating group) is 1. The van der Waals surface area contributed by atoms with Gasteiger partial charge in [0.25, 0.3) is 0 Å². The molecule has 0 aliphatic heterocycles. The molecule has 18 heavy (non-hydrogen) atoms. The van der Waals surface area contributed by atoms with Crippen LogP contribution in [0.2, 0.25) is 0 Å². The van der Waals surface area contributed by atoms with Crippen LogP contribution in [0.3, 0.4) is 0 Å². The molecule has 0 aliphatic rings. The van der Waals surface area contributed by atoms with Crippen LogP contribution in [0.5, 0.6) is 0 Å². The molecule has 1 aromatic heterocycles. The van der Waals surface area contributed by atoms with E-state index in [2.05, 4.69) is 17.3 Å². The molecule has 0 aliphatic carbocycles. The van der Waals surface area contributed by atoms with Crippen molar-refractivity contribution in [3.63, 3.8) is 0 Å². The predicted octanol–water partition coefficient (Wildman–Crippen LogP) is 2.00. The van der Waals surface area contributed by atoms with Crippen LogP contribution in [0.15, 0.2) is 42.7 Å². The smallest absolute Gasteiger partial charge is 0.0748 e. The fourth-order valence-electron chi connectivity index (χ4n) is 1.67. The van der Waals surface area contributed by atoms with E-state index in [-0.39, 0.29) is 0 Å². The molecule has 0 radical (unpaired) electrons. The van der Waals surface area contributed by atoms with E-state index in [1.165, 1.54) is 0 Å². The summed E-state index contributed by atoms with van der Waals surface area (Å²) < 4.78 is 7.42. The van der Waals surface area contributed by atoms with Gasteiger partial charge in [0, 0.05) is 18.3 Å². The van der Waals surface area contributed by atoms with E-state index in [0.29, 0.717) is 6.61 Å². The third kappa shape index (κ3) is 3.68. The van der Waals surface area contributed by atoms with Crippen LogP contribution in [0.4, 0.5) is 0 Å². The van der Waals surface area contributed by atoms with Crippen molar-refractivity contribution >= 4 is 0 Å². The number of nitrogens with one attached hydrogen (secondary N) is 1. The molecule has 2 aromatic rings. The lowest BCUT2D eigenvalue weighted by Crippen LogP contribution is -2.18. The van der Waals surface area contributed by atoms with Gasteiger partial charge < -0.3 is 10.1 Å².